The van der Waals surface area contributed by atoms with E-state index in [0.29, 0.717) is 10.7 Å². The molecule has 1 amide bonds. The van der Waals surface area contributed by atoms with E-state index in [-0.39, 0.29) is 18.0 Å². The number of halogens is 1. The fraction of sp³-hybridized carbons (Fsp3) is 0.125. The maximum absolute atomic E-state index is 11.8. The Balaban J connectivity index is 1.89. The number of non-ortho nitro benzene ring substituents is 1. The minimum absolute atomic E-state index is 0.140. The SMILES string of the molecule is COc1cc([N+](=O)[O-])ccc1NC(=O)CO/N=C\c1ccc(Cl)cc1. The fourth-order valence-corrected chi connectivity index (χ4v) is 1.95. The monoisotopic (exact) mass is 363 g/mol. The number of hydrogen-bond donors (Lipinski definition) is 1. The lowest BCUT2D eigenvalue weighted by atomic mass is 10.2. The number of anilines is 1. The highest BCUT2D eigenvalue weighted by Gasteiger charge is 2.13. The number of nitrogens with zero attached hydrogens (tertiary/aromatic N) is 2. The molecule has 2 aromatic carbocycles. The molecule has 0 saturated carbocycles. The van der Waals surface area contributed by atoms with E-state index in [1.807, 2.05) is 0 Å². The fourth-order valence-electron chi connectivity index (χ4n) is 1.83. The van der Waals surface area contributed by atoms with Gasteiger partial charge in [-0.2, -0.15) is 0 Å². The Hall–Kier alpha value is -3.13. The molecule has 25 heavy (non-hydrogen) atoms. The van der Waals surface area contributed by atoms with Gasteiger partial charge >= 0.3 is 0 Å². The molecule has 0 fully saturated rings. The van der Waals surface area contributed by atoms with Crippen molar-refractivity contribution in [3.63, 3.8) is 0 Å². The number of benzene rings is 2. The van der Waals surface area contributed by atoms with Crippen molar-refractivity contribution in [2.24, 2.45) is 5.16 Å². The Morgan fingerprint density at radius 1 is 1.32 bits per heavy atom. The molecule has 0 unspecified atom stereocenters. The highest BCUT2D eigenvalue weighted by Crippen LogP contribution is 2.28. The number of oxime groups is 1. The number of nitro benzene ring substituents is 1. The Kier molecular flexibility index (Phi) is 6.30. The zero-order chi connectivity index (χ0) is 18.2. The maximum Gasteiger partial charge on any atom is 0.273 e. The maximum atomic E-state index is 11.8. The third kappa shape index (κ3) is 5.47. The predicted octanol–water partition coefficient (Wildman–Crippen LogP) is 3.25. The second kappa shape index (κ2) is 8.65. The molecule has 0 saturated heterocycles. The molecule has 0 aromatic heterocycles. The van der Waals surface area contributed by atoms with Crippen molar-refractivity contribution in [2.75, 3.05) is 19.0 Å². The van der Waals surface area contributed by atoms with Crippen molar-refractivity contribution in [3.8, 4) is 5.75 Å². The van der Waals surface area contributed by atoms with Gasteiger partial charge in [0.05, 0.1) is 30.0 Å². The number of carbonyl (C=O) groups is 1. The second-order valence-corrected chi connectivity index (χ2v) is 5.19. The summed E-state index contributed by atoms with van der Waals surface area (Å²) in [5.41, 5.74) is 0.920. The van der Waals surface area contributed by atoms with E-state index in [9.17, 15) is 14.9 Å². The number of rotatable bonds is 7. The lowest BCUT2D eigenvalue weighted by Crippen LogP contribution is -2.17. The molecule has 130 valence electrons. The average molecular weight is 364 g/mol. The summed E-state index contributed by atoms with van der Waals surface area (Å²) in [5, 5.41) is 17.6. The molecule has 9 heteroatoms. The van der Waals surface area contributed by atoms with Gasteiger partial charge in [0.15, 0.2) is 6.61 Å². The lowest BCUT2D eigenvalue weighted by molar-refractivity contribution is -0.384. The number of amides is 1. The summed E-state index contributed by atoms with van der Waals surface area (Å²) in [4.78, 5) is 26.9. The highest BCUT2D eigenvalue weighted by atomic mass is 35.5. The first-order valence-corrected chi connectivity index (χ1v) is 7.40. The molecule has 1 N–H and O–H groups in total. The van der Waals surface area contributed by atoms with Gasteiger partial charge in [-0.25, -0.2) is 0 Å². The number of hydrogen-bond acceptors (Lipinski definition) is 6. The van der Waals surface area contributed by atoms with Gasteiger partial charge < -0.3 is 14.9 Å². The molecule has 8 nitrogen and oxygen atoms in total. The minimum atomic E-state index is -0.553. The van der Waals surface area contributed by atoms with Crippen LogP contribution >= 0.6 is 11.6 Å². The molecule has 2 rings (SSSR count). The van der Waals surface area contributed by atoms with Gasteiger partial charge in [0.1, 0.15) is 5.75 Å². The van der Waals surface area contributed by atoms with Gasteiger partial charge in [0.25, 0.3) is 11.6 Å². The molecule has 0 heterocycles. The van der Waals surface area contributed by atoms with Crippen molar-refractivity contribution in [1.82, 2.24) is 0 Å². The van der Waals surface area contributed by atoms with Crippen LogP contribution in [0.15, 0.2) is 47.6 Å². The van der Waals surface area contributed by atoms with Crippen molar-refractivity contribution in [3.05, 3.63) is 63.2 Å². The summed E-state index contributed by atoms with van der Waals surface area (Å²) in [6.45, 7) is -0.329. The van der Waals surface area contributed by atoms with Gasteiger partial charge in [0, 0.05) is 11.1 Å². The molecule has 0 spiro atoms. The van der Waals surface area contributed by atoms with Crippen LogP contribution in [-0.4, -0.2) is 30.8 Å². The van der Waals surface area contributed by atoms with E-state index in [1.165, 1.54) is 31.5 Å². The Morgan fingerprint density at radius 3 is 2.68 bits per heavy atom. The van der Waals surface area contributed by atoms with Crippen LogP contribution in [0, 0.1) is 10.1 Å². The number of methoxy groups -OCH3 is 1. The molecular weight excluding hydrogens is 350 g/mol. The van der Waals surface area contributed by atoms with Crippen molar-refractivity contribution >= 4 is 35.1 Å². The quantitative estimate of drug-likeness (QED) is 0.462. The topological polar surface area (TPSA) is 103 Å². The third-order valence-corrected chi connectivity index (χ3v) is 3.26. The van der Waals surface area contributed by atoms with E-state index in [0.717, 1.165) is 5.56 Å². The third-order valence-electron chi connectivity index (χ3n) is 3.01. The van der Waals surface area contributed by atoms with E-state index >= 15 is 0 Å². The first kappa shape index (κ1) is 18.2. The van der Waals surface area contributed by atoms with E-state index in [4.69, 9.17) is 21.2 Å². The Labute approximate surface area is 148 Å². The molecule has 0 aliphatic carbocycles. The van der Waals surface area contributed by atoms with Gasteiger partial charge in [-0.15, -0.1) is 0 Å². The van der Waals surface area contributed by atoms with Crippen molar-refractivity contribution in [1.29, 1.82) is 0 Å². The average Bonchev–Trinajstić information content (AvgIpc) is 2.60. The highest BCUT2D eigenvalue weighted by molar-refractivity contribution is 6.30. The van der Waals surface area contributed by atoms with Crippen molar-refractivity contribution in [2.45, 2.75) is 0 Å². The number of nitrogens with one attached hydrogen (secondary N) is 1. The Bertz CT molecular complexity index is 793. The molecule has 0 aliphatic heterocycles. The Morgan fingerprint density at radius 2 is 2.04 bits per heavy atom. The molecule has 2 aromatic rings. The number of carbonyl (C=O) groups excluding carboxylic acids is 1. The lowest BCUT2D eigenvalue weighted by Gasteiger charge is -2.09. The van der Waals surface area contributed by atoms with E-state index in [1.54, 1.807) is 24.3 Å². The smallest absolute Gasteiger partial charge is 0.273 e. The van der Waals surface area contributed by atoms with Crippen LogP contribution in [0.3, 0.4) is 0 Å². The first-order valence-electron chi connectivity index (χ1n) is 7.03. The van der Waals surface area contributed by atoms with Crippen LogP contribution in [0.1, 0.15) is 5.56 Å². The van der Waals surface area contributed by atoms with Gasteiger partial charge in [-0.1, -0.05) is 28.9 Å². The summed E-state index contributed by atoms with van der Waals surface area (Å²) in [6, 6.07) is 10.8. The zero-order valence-electron chi connectivity index (χ0n) is 13.1. The number of nitro groups is 1. The summed E-state index contributed by atoms with van der Waals surface area (Å²) in [5.74, 6) is -0.312. The normalized spacial score (nSPS) is 10.5. The zero-order valence-corrected chi connectivity index (χ0v) is 13.9. The first-order chi connectivity index (χ1) is 12.0. The van der Waals surface area contributed by atoms with Crippen LogP contribution in [0.5, 0.6) is 5.75 Å². The summed E-state index contributed by atoms with van der Waals surface area (Å²) in [6.07, 6.45) is 1.44. The summed E-state index contributed by atoms with van der Waals surface area (Å²) in [7, 11) is 1.35. The van der Waals surface area contributed by atoms with Crippen LogP contribution in [0.2, 0.25) is 5.02 Å². The summed E-state index contributed by atoms with van der Waals surface area (Å²) < 4.78 is 5.03. The number of ether oxygens (including phenoxy) is 1. The molecule has 0 bridgehead atoms. The van der Waals surface area contributed by atoms with Crippen molar-refractivity contribution < 1.29 is 19.3 Å². The predicted molar refractivity (Wildman–Crippen MR) is 93.3 cm³/mol. The standard InChI is InChI=1S/C16H14ClN3O5/c1-24-15-8-13(20(22)23)6-7-14(15)19-16(21)10-25-18-9-11-2-4-12(17)5-3-11/h2-9H,10H2,1H3,(H,19,21)/b18-9-. The van der Waals surface area contributed by atoms with Crippen LogP contribution in [0.25, 0.3) is 0 Å². The molecule has 0 aliphatic rings. The van der Waals surface area contributed by atoms with Crippen LogP contribution < -0.4 is 10.1 Å². The second-order valence-electron chi connectivity index (χ2n) is 4.75. The largest absolute Gasteiger partial charge is 0.494 e. The van der Waals surface area contributed by atoms with Crippen LogP contribution in [-0.2, 0) is 9.63 Å². The van der Waals surface area contributed by atoms with Crippen LogP contribution in [0.4, 0.5) is 11.4 Å². The summed E-state index contributed by atoms with van der Waals surface area (Å²) >= 11 is 5.77. The minimum Gasteiger partial charge on any atom is -0.494 e. The van der Waals surface area contributed by atoms with Gasteiger partial charge in [0.2, 0.25) is 0 Å². The molecule has 0 atom stereocenters. The molecule has 0 radical (unpaired) electrons. The van der Waals surface area contributed by atoms with Gasteiger partial charge in [-0.05, 0) is 23.8 Å². The van der Waals surface area contributed by atoms with E-state index < -0.39 is 10.8 Å². The molecular formula is C16H14ClN3O5. The van der Waals surface area contributed by atoms with Gasteiger partial charge in [-0.3, -0.25) is 14.9 Å². The van der Waals surface area contributed by atoms with E-state index in [2.05, 4.69) is 10.5 Å².